The van der Waals surface area contributed by atoms with Gasteiger partial charge >= 0.3 is 5.97 Å². The van der Waals surface area contributed by atoms with Crippen molar-refractivity contribution in [2.75, 3.05) is 0 Å². The van der Waals surface area contributed by atoms with Crippen LogP contribution < -0.4 is 0 Å². The van der Waals surface area contributed by atoms with Crippen LogP contribution in [0.1, 0.15) is 10.5 Å². The number of carboxylic acids is 1. The van der Waals surface area contributed by atoms with Gasteiger partial charge in [0.25, 0.3) is 0 Å². The molecule has 0 unspecified atom stereocenters. The Morgan fingerprint density at radius 1 is 1.67 bits per heavy atom. The number of hydrogen-bond acceptors (Lipinski definition) is 1. The van der Waals surface area contributed by atoms with Crippen molar-refractivity contribution >= 4 is 28.6 Å². The third-order valence-electron chi connectivity index (χ3n) is 0.881. The molecule has 0 aromatic carbocycles. The van der Waals surface area contributed by atoms with Crippen LogP contribution in [0.3, 0.4) is 0 Å². The maximum atomic E-state index is 10.2. The maximum Gasteiger partial charge on any atom is 0.352 e. The number of carbonyl (C=O) groups is 1. The van der Waals surface area contributed by atoms with E-state index in [4.69, 9.17) is 5.11 Å². The summed E-state index contributed by atoms with van der Waals surface area (Å²) in [6.07, 6.45) is 0. The van der Waals surface area contributed by atoms with Gasteiger partial charge in [-0.05, 0) is 34.7 Å². The lowest BCUT2D eigenvalue weighted by atomic mass is 10.4. The van der Waals surface area contributed by atoms with Crippen LogP contribution in [0.25, 0.3) is 0 Å². The van der Waals surface area contributed by atoms with E-state index in [1.54, 1.807) is 6.07 Å². The normalized spacial score (nSPS) is 9.44. The Morgan fingerprint density at radius 2 is 2.33 bits per heavy atom. The molecule has 3 nitrogen and oxygen atoms in total. The van der Waals surface area contributed by atoms with Crippen LogP contribution >= 0.6 is 22.6 Å². The van der Waals surface area contributed by atoms with Gasteiger partial charge in [0.1, 0.15) is 5.69 Å². The van der Waals surface area contributed by atoms with Crippen LogP contribution in [0.15, 0.2) is 12.1 Å². The number of aromatic nitrogens is 1. The Bertz CT molecular complexity index is 231. The van der Waals surface area contributed by atoms with Gasteiger partial charge in [0.2, 0.25) is 0 Å². The molecular formula is C5H4INO2. The average Bonchev–Trinajstić information content (AvgIpc) is 2.14. The van der Waals surface area contributed by atoms with Gasteiger partial charge in [0, 0.05) is 0 Å². The number of H-pyrrole nitrogens is 1. The second-order valence-electron chi connectivity index (χ2n) is 1.53. The van der Waals surface area contributed by atoms with Crippen molar-refractivity contribution in [2.24, 2.45) is 0 Å². The van der Waals surface area contributed by atoms with Crippen LogP contribution in [-0.4, -0.2) is 16.1 Å². The van der Waals surface area contributed by atoms with Crippen LogP contribution in [0.4, 0.5) is 0 Å². The molecule has 0 bridgehead atoms. The van der Waals surface area contributed by atoms with E-state index < -0.39 is 5.97 Å². The molecule has 0 aliphatic rings. The van der Waals surface area contributed by atoms with E-state index in [1.807, 2.05) is 22.6 Å². The van der Waals surface area contributed by atoms with Gasteiger partial charge in [-0.2, -0.15) is 0 Å². The Morgan fingerprint density at radius 3 is 2.56 bits per heavy atom. The van der Waals surface area contributed by atoms with Crippen molar-refractivity contribution in [3.05, 3.63) is 21.5 Å². The van der Waals surface area contributed by atoms with Crippen LogP contribution in [-0.2, 0) is 0 Å². The fourth-order valence-corrected chi connectivity index (χ4v) is 0.964. The first-order valence-corrected chi connectivity index (χ1v) is 3.36. The fourth-order valence-electron chi connectivity index (χ4n) is 0.493. The number of aromatic amines is 1. The molecule has 4 heteroatoms. The Hall–Kier alpha value is -0.520. The number of halogens is 1. The van der Waals surface area contributed by atoms with Crippen molar-refractivity contribution in [3.63, 3.8) is 0 Å². The minimum absolute atomic E-state index is 0.236. The maximum absolute atomic E-state index is 10.2. The summed E-state index contributed by atoms with van der Waals surface area (Å²) in [5.74, 6) is -0.919. The zero-order chi connectivity index (χ0) is 6.85. The molecule has 0 saturated carbocycles. The highest BCUT2D eigenvalue weighted by Gasteiger charge is 2.02. The average molecular weight is 237 g/mol. The topological polar surface area (TPSA) is 53.1 Å². The summed E-state index contributed by atoms with van der Waals surface area (Å²) in [4.78, 5) is 12.8. The quantitative estimate of drug-likeness (QED) is 0.723. The molecule has 0 fully saturated rings. The lowest BCUT2D eigenvalue weighted by molar-refractivity contribution is 0.0691. The smallest absolute Gasteiger partial charge is 0.352 e. The summed E-state index contributed by atoms with van der Waals surface area (Å²) >= 11 is 2.02. The van der Waals surface area contributed by atoms with Gasteiger partial charge in [-0.1, -0.05) is 0 Å². The number of carboxylic acid groups (broad SMARTS) is 1. The van der Waals surface area contributed by atoms with E-state index in [0.717, 1.165) is 3.70 Å². The number of aromatic carboxylic acids is 1. The third-order valence-corrected chi connectivity index (χ3v) is 1.51. The van der Waals surface area contributed by atoms with Crippen molar-refractivity contribution in [1.29, 1.82) is 0 Å². The van der Waals surface area contributed by atoms with Crippen molar-refractivity contribution in [3.8, 4) is 0 Å². The molecule has 0 saturated heterocycles. The van der Waals surface area contributed by atoms with E-state index in [2.05, 4.69) is 4.98 Å². The number of rotatable bonds is 1. The molecule has 1 heterocycles. The molecule has 1 rings (SSSR count). The molecule has 0 aliphatic heterocycles. The highest BCUT2D eigenvalue weighted by molar-refractivity contribution is 14.1. The molecule has 0 radical (unpaired) electrons. The SMILES string of the molecule is O=C(O)c1ccc(I)[nH]1. The second-order valence-corrected chi connectivity index (χ2v) is 2.69. The van der Waals surface area contributed by atoms with Crippen LogP contribution in [0, 0.1) is 3.70 Å². The van der Waals surface area contributed by atoms with E-state index in [-0.39, 0.29) is 5.69 Å². The molecule has 0 spiro atoms. The van der Waals surface area contributed by atoms with Crippen molar-refractivity contribution in [1.82, 2.24) is 4.98 Å². The Kier molecular flexibility index (Phi) is 1.75. The third kappa shape index (κ3) is 1.44. The summed E-state index contributed by atoms with van der Waals surface area (Å²) in [5.41, 5.74) is 0.236. The predicted molar refractivity (Wildman–Crippen MR) is 40.5 cm³/mol. The summed E-state index contributed by atoms with van der Waals surface area (Å²) in [6, 6.07) is 3.24. The highest BCUT2D eigenvalue weighted by Crippen LogP contribution is 2.03. The number of nitrogens with one attached hydrogen (secondary N) is 1. The number of hydrogen-bond donors (Lipinski definition) is 2. The van der Waals surface area contributed by atoms with E-state index in [1.165, 1.54) is 6.07 Å². The van der Waals surface area contributed by atoms with Crippen LogP contribution in [0.5, 0.6) is 0 Å². The van der Waals surface area contributed by atoms with Gasteiger partial charge in [-0.15, -0.1) is 0 Å². The zero-order valence-corrected chi connectivity index (χ0v) is 6.55. The van der Waals surface area contributed by atoms with Gasteiger partial charge in [-0.3, -0.25) is 0 Å². The summed E-state index contributed by atoms with van der Waals surface area (Å²) in [6.45, 7) is 0. The first-order valence-electron chi connectivity index (χ1n) is 2.28. The van der Waals surface area contributed by atoms with Crippen molar-refractivity contribution < 1.29 is 9.90 Å². The molecule has 0 atom stereocenters. The Labute approximate surface area is 65.2 Å². The molecule has 48 valence electrons. The zero-order valence-electron chi connectivity index (χ0n) is 4.39. The molecule has 0 amide bonds. The largest absolute Gasteiger partial charge is 0.477 e. The van der Waals surface area contributed by atoms with E-state index >= 15 is 0 Å². The van der Waals surface area contributed by atoms with Gasteiger partial charge < -0.3 is 10.1 Å². The molecular weight excluding hydrogens is 233 g/mol. The first-order chi connectivity index (χ1) is 4.20. The highest BCUT2D eigenvalue weighted by atomic mass is 127. The minimum atomic E-state index is -0.919. The fraction of sp³-hybridized carbons (Fsp3) is 0. The molecule has 1 aromatic heterocycles. The molecule has 0 aliphatic carbocycles. The van der Waals surface area contributed by atoms with E-state index in [9.17, 15) is 4.79 Å². The second kappa shape index (κ2) is 2.38. The molecule has 9 heavy (non-hydrogen) atoms. The minimum Gasteiger partial charge on any atom is -0.477 e. The van der Waals surface area contributed by atoms with Gasteiger partial charge in [0.05, 0.1) is 3.70 Å². The lowest BCUT2D eigenvalue weighted by Crippen LogP contribution is -1.95. The van der Waals surface area contributed by atoms with Gasteiger partial charge in [0.15, 0.2) is 0 Å². The van der Waals surface area contributed by atoms with Gasteiger partial charge in [-0.25, -0.2) is 4.79 Å². The lowest BCUT2D eigenvalue weighted by Gasteiger charge is -1.82. The van der Waals surface area contributed by atoms with Crippen LogP contribution in [0.2, 0.25) is 0 Å². The summed E-state index contributed by atoms with van der Waals surface area (Å²) in [5, 5.41) is 8.36. The summed E-state index contributed by atoms with van der Waals surface area (Å²) < 4.78 is 0.838. The monoisotopic (exact) mass is 237 g/mol. The summed E-state index contributed by atoms with van der Waals surface area (Å²) in [7, 11) is 0. The first kappa shape index (κ1) is 6.60. The predicted octanol–water partition coefficient (Wildman–Crippen LogP) is 1.32. The standard InChI is InChI=1S/C5H4INO2/c6-4-2-1-3(7-4)5(8)9/h1-2,7H,(H,8,9). The Balaban J connectivity index is 2.98. The molecule has 1 aromatic rings. The van der Waals surface area contributed by atoms with Crippen molar-refractivity contribution in [2.45, 2.75) is 0 Å². The molecule has 2 N–H and O–H groups in total. The van der Waals surface area contributed by atoms with E-state index in [0.29, 0.717) is 0 Å².